The molecule has 0 bridgehead atoms. The van der Waals surface area contributed by atoms with Crippen LogP contribution in [0.4, 0.5) is 5.69 Å². The van der Waals surface area contributed by atoms with Crippen LogP contribution in [-0.4, -0.2) is 12.0 Å². The minimum Gasteiger partial charge on any atom is -0.387 e. The van der Waals surface area contributed by atoms with E-state index in [0.29, 0.717) is 0 Å². The van der Waals surface area contributed by atoms with Crippen LogP contribution in [0.2, 0.25) is 0 Å². The zero-order valence-corrected chi connectivity index (χ0v) is 6.90. The van der Waals surface area contributed by atoms with Gasteiger partial charge in [0.15, 0.2) is 0 Å². The Hall–Kier alpha value is -0.760. The summed E-state index contributed by atoms with van der Waals surface area (Å²) in [4.78, 5) is 4.09. The summed E-state index contributed by atoms with van der Waals surface area (Å²) in [5, 5.41) is 3.03. The molecule has 0 aliphatic carbocycles. The van der Waals surface area contributed by atoms with Crippen molar-refractivity contribution in [3.8, 4) is 0 Å². The smallest absolute Gasteiger partial charge is 0.0603 e. The summed E-state index contributed by atoms with van der Waals surface area (Å²) in [6.07, 6.45) is 1.79. The third kappa shape index (κ3) is 1.88. The molecule has 1 aromatic rings. The van der Waals surface area contributed by atoms with Crippen molar-refractivity contribution in [1.82, 2.24) is 4.98 Å². The maximum atomic E-state index is 4.09. The molecular weight excluding hydrogens is 148 g/mol. The molecule has 0 aliphatic heterocycles. The zero-order chi connectivity index (χ0) is 6.69. The maximum Gasteiger partial charge on any atom is 0.0603 e. The lowest BCUT2D eigenvalue weighted by Gasteiger charge is -2.00. The Bertz CT molecular complexity index is 201. The second-order valence-corrected chi connectivity index (χ2v) is 1.89. The Balaban J connectivity index is 0.000000810. The van der Waals surface area contributed by atoms with E-state index in [-0.39, 0.29) is 12.4 Å². The molecule has 1 aromatic heterocycles. The fourth-order valence-electron chi connectivity index (χ4n) is 0.748. The SMILES string of the molecule is CNc1cccnc1C.Cl. The average Bonchev–Trinajstić information content (AvgIpc) is 1.89. The van der Waals surface area contributed by atoms with Gasteiger partial charge in [0.1, 0.15) is 0 Å². The first kappa shape index (κ1) is 9.24. The van der Waals surface area contributed by atoms with Crippen molar-refractivity contribution in [1.29, 1.82) is 0 Å². The van der Waals surface area contributed by atoms with Crippen LogP contribution in [0.1, 0.15) is 5.69 Å². The zero-order valence-electron chi connectivity index (χ0n) is 6.09. The minimum absolute atomic E-state index is 0. The molecule has 0 amide bonds. The number of nitrogens with one attached hydrogen (secondary N) is 1. The molecule has 1 N–H and O–H groups in total. The molecule has 3 heteroatoms. The summed E-state index contributed by atoms with van der Waals surface area (Å²) >= 11 is 0. The van der Waals surface area contributed by atoms with Crippen molar-refractivity contribution < 1.29 is 0 Å². The van der Waals surface area contributed by atoms with E-state index in [2.05, 4.69) is 10.3 Å². The summed E-state index contributed by atoms with van der Waals surface area (Å²) in [6, 6.07) is 3.92. The first-order valence-electron chi connectivity index (χ1n) is 2.94. The summed E-state index contributed by atoms with van der Waals surface area (Å²) in [5.74, 6) is 0. The van der Waals surface area contributed by atoms with Gasteiger partial charge in [0.25, 0.3) is 0 Å². The summed E-state index contributed by atoms with van der Waals surface area (Å²) in [7, 11) is 1.89. The van der Waals surface area contributed by atoms with Gasteiger partial charge in [-0.2, -0.15) is 0 Å². The highest BCUT2D eigenvalue weighted by molar-refractivity contribution is 5.85. The molecule has 0 radical (unpaired) electrons. The van der Waals surface area contributed by atoms with E-state index in [1.807, 2.05) is 26.1 Å². The van der Waals surface area contributed by atoms with Gasteiger partial charge in [-0.15, -0.1) is 12.4 Å². The van der Waals surface area contributed by atoms with E-state index in [4.69, 9.17) is 0 Å². The molecule has 0 atom stereocenters. The number of hydrogen-bond acceptors (Lipinski definition) is 2. The largest absolute Gasteiger partial charge is 0.387 e. The van der Waals surface area contributed by atoms with E-state index in [9.17, 15) is 0 Å². The number of pyridine rings is 1. The Morgan fingerprint density at radius 2 is 2.20 bits per heavy atom. The number of aryl methyl sites for hydroxylation is 1. The van der Waals surface area contributed by atoms with E-state index < -0.39 is 0 Å². The van der Waals surface area contributed by atoms with Gasteiger partial charge >= 0.3 is 0 Å². The van der Waals surface area contributed by atoms with Gasteiger partial charge in [-0.05, 0) is 19.1 Å². The molecule has 2 nitrogen and oxygen atoms in total. The van der Waals surface area contributed by atoms with Crippen LogP contribution < -0.4 is 5.32 Å². The Morgan fingerprint density at radius 3 is 2.60 bits per heavy atom. The second kappa shape index (κ2) is 4.12. The number of halogens is 1. The molecular formula is C7H11ClN2. The number of anilines is 1. The fraction of sp³-hybridized carbons (Fsp3) is 0.286. The van der Waals surface area contributed by atoms with Crippen LogP contribution in [0.5, 0.6) is 0 Å². The van der Waals surface area contributed by atoms with Crippen molar-refractivity contribution in [3.63, 3.8) is 0 Å². The van der Waals surface area contributed by atoms with Crippen LogP contribution in [-0.2, 0) is 0 Å². The third-order valence-corrected chi connectivity index (χ3v) is 1.28. The normalized spacial score (nSPS) is 8.20. The molecule has 0 aromatic carbocycles. The van der Waals surface area contributed by atoms with Gasteiger partial charge in [0.2, 0.25) is 0 Å². The predicted molar refractivity (Wildman–Crippen MR) is 45.8 cm³/mol. The first-order chi connectivity index (χ1) is 4.34. The maximum absolute atomic E-state index is 4.09. The molecule has 0 saturated carbocycles. The molecule has 0 aliphatic rings. The number of rotatable bonds is 1. The summed E-state index contributed by atoms with van der Waals surface area (Å²) in [6.45, 7) is 1.98. The van der Waals surface area contributed by atoms with E-state index >= 15 is 0 Å². The van der Waals surface area contributed by atoms with Crippen molar-refractivity contribution in [2.24, 2.45) is 0 Å². The monoisotopic (exact) mass is 158 g/mol. The van der Waals surface area contributed by atoms with Crippen LogP contribution in [0.15, 0.2) is 18.3 Å². The van der Waals surface area contributed by atoms with E-state index in [1.54, 1.807) is 6.20 Å². The Labute approximate surface area is 67.1 Å². The number of nitrogens with zero attached hydrogens (tertiary/aromatic N) is 1. The standard InChI is InChI=1S/C7H10N2.ClH/c1-6-7(8-2)4-3-5-9-6;/h3-5,8H,1-2H3;1H. The van der Waals surface area contributed by atoms with Crippen LogP contribution in [0, 0.1) is 6.92 Å². The average molecular weight is 159 g/mol. The van der Waals surface area contributed by atoms with Gasteiger partial charge in [-0.3, -0.25) is 4.98 Å². The Morgan fingerprint density at radius 1 is 1.50 bits per heavy atom. The molecule has 0 saturated heterocycles. The molecule has 0 unspecified atom stereocenters. The lowest BCUT2D eigenvalue weighted by molar-refractivity contribution is 1.19. The Kier molecular flexibility index (Phi) is 3.81. The predicted octanol–water partition coefficient (Wildman–Crippen LogP) is 1.85. The van der Waals surface area contributed by atoms with Crippen LogP contribution >= 0.6 is 12.4 Å². The third-order valence-electron chi connectivity index (χ3n) is 1.28. The van der Waals surface area contributed by atoms with E-state index in [1.165, 1.54) is 0 Å². The topological polar surface area (TPSA) is 24.9 Å². The summed E-state index contributed by atoms with van der Waals surface area (Å²) in [5.41, 5.74) is 2.14. The van der Waals surface area contributed by atoms with Gasteiger partial charge in [-0.25, -0.2) is 0 Å². The van der Waals surface area contributed by atoms with Crippen molar-refractivity contribution >= 4 is 18.1 Å². The first-order valence-corrected chi connectivity index (χ1v) is 2.94. The van der Waals surface area contributed by atoms with Gasteiger partial charge < -0.3 is 5.32 Å². The second-order valence-electron chi connectivity index (χ2n) is 1.89. The van der Waals surface area contributed by atoms with Crippen LogP contribution in [0.3, 0.4) is 0 Å². The highest BCUT2D eigenvalue weighted by Crippen LogP contribution is 2.07. The summed E-state index contributed by atoms with van der Waals surface area (Å²) < 4.78 is 0. The van der Waals surface area contributed by atoms with Crippen molar-refractivity contribution in [2.45, 2.75) is 6.92 Å². The lowest BCUT2D eigenvalue weighted by atomic mass is 10.3. The molecule has 1 heterocycles. The van der Waals surface area contributed by atoms with Gasteiger partial charge in [0.05, 0.1) is 11.4 Å². The lowest BCUT2D eigenvalue weighted by Crippen LogP contribution is -1.92. The number of aromatic nitrogens is 1. The minimum atomic E-state index is 0. The molecule has 56 valence electrons. The highest BCUT2D eigenvalue weighted by atomic mass is 35.5. The van der Waals surface area contributed by atoms with Gasteiger partial charge in [0, 0.05) is 13.2 Å². The van der Waals surface area contributed by atoms with Crippen molar-refractivity contribution in [3.05, 3.63) is 24.0 Å². The highest BCUT2D eigenvalue weighted by Gasteiger charge is 1.90. The molecule has 1 rings (SSSR count). The fourth-order valence-corrected chi connectivity index (χ4v) is 0.748. The number of hydrogen-bond donors (Lipinski definition) is 1. The molecule has 0 spiro atoms. The van der Waals surface area contributed by atoms with Crippen LogP contribution in [0.25, 0.3) is 0 Å². The quantitative estimate of drug-likeness (QED) is 0.675. The molecule has 0 fully saturated rings. The van der Waals surface area contributed by atoms with Gasteiger partial charge in [-0.1, -0.05) is 0 Å². The molecule has 10 heavy (non-hydrogen) atoms. The van der Waals surface area contributed by atoms with E-state index in [0.717, 1.165) is 11.4 Å². The van der Waals surface area contributed by atoms with Crippen molar-refractivity contribution in [2.75, 3.05) is 12.4 Å².